The van der Waals surface area contributed by atoms with Crippen LogP contribution in [0.4, 0.5) is 18.9 Å². The lowest BCUT2D eigenvalue weighted by atomic mass is 10.1. The van der Waals surface area contributed by atoms with E-state index >= 15 is 0 Å². The number of carboxylic acid groups (broad SMARTS) is 1. The van der Waals surface area contributed by atoms with Gasteiger partial charge >= 0.3 is 11.5 Å². The van der Waals surface area contributed by atoms with Crippen LogP contribution >= 0.6 is 27.7 Å². The Kier molecular flexibility index (Phi) is 5.55. The number of carboxylic acids is 1. The van der Waals surface area contributed by atoms with E-state index in [-0.39, 0.29) is 33.5 Å². The molecule has 24 heavy (non-hydrogen) atoms. The van der Waals surface area contributed by atoms with Gasteiger partial charge in [-0.15, -0.1) is 0 Å². The van der Waals surface area contributed by atoms with Gasteiger partial charge in [0.2, 0.25) is 0 Å². The second-order valence-electron chi connectivity index (χ2n) is 4.52. The molecule has 9 heteroatoms. The molecule has 0 saturated heterocycles. The highest BCUT2D eigenvalue weighted by Crippen LogP contribution is 2.36. The number of hydrogen-bond acceptors (Lipinski definition) is 3. The van der Waals surface area contributed by atoms with E-state index in [4.69, 9.17) is 5.11 Å². The first-order chi connectivity index (χ1) is 11.2. The van der Waals surface area contributed by atoms with E-state index in [2.05, 4.69) is 21.2 Å². The molecule has 2 rings (SSSR count). The third kappa shape index (κ3) is 5.00. The molecule has 0 spiro atoms. The summed E-state index contributed by atoms with van der Waals surface area (Å²) >= 11 is 2.89. The van der Waals surface area contributed by atoms with Crippen LogP contribution in [0.15, 0.2) is 51.8 Å². The third-order valence-corrected chi connectivity index (χ3v) is 4.04. The molecule has 2 N–H and O–H groups in total. The molecule has 0 bridgehead atoms. The van der Waals surface area contributed by atoms with Crippen LogP contribution < -0.4 is 5.32 Å². The Hall–Kier alpha value is -2.00. The summed E-state index contributed by atoms with van der Waals surface area (Å²) in [5.41, 5.74) is -4.32. The van der Waals surface area contributed by atoms with Gasteiger partial charge in [0.05, 0.1) is 11.3 Å². The van der Waals surface area contributed by atoms with Gasteiger partial charge in [0.25, 0.3) is 5.91 Å². The van der Waals surface area contributed by atoms with Crippen LogP contribution in [-0.4, -0.2) is 22.5 Å². The van der Waals surface area contributed by atoms with Crippen molar-refractivity contribution >= 4 is 45.3 Å². The highest BCUT2D eigenvalue weighted by molar-refractivity contribution is 9.10. The lowest BCUT2D eigenvalue weighted by Gasteiger charge is -2.10. The van der Waals surface area contributed by atoms with Gasteiger partial charge in [-0.2, -0.15) is 13.2 Å². The van der Waals surface area contributed by atoms with E-state index in [1.54, 1.807) is 0 Å². The molecule has 0 aliphatic heterocycles. The van der Waals surface area contributed by atoms with E-state index in [0.29, 0.717) is 4.47 Å². The van der Waals surface area contributed by atoms with Crippen LogP contribution in [0, 0.1) is 0 Å². The Balaban J connectivity index is 2.19. The molecule has 0 unspecified atom stereocenters. The summed E-state index contributed by atoms with van der Waals surface area (Å²) in [7, 11) is 0. The van der Waals surface area contributed by atoms with Crippen LogP contribution in [0.2, 0.25) is 0 Å². The van der Waals surface area contributed by atoms with Crippen molar-refractivity contribution in [2.75, 3.05) is 5.32 Å². The van der Waals surface area contributed by atoms with E-state index in [0.717, 1.165) is 0 Å². The molecule has 2 aromatic carbocycles. The monoisotopic (exact) mass is 419 g/mol. The molecular weight excluding hydrogens is 411 g/mol. The molecule has 126 valence electrons. The minimum Gasteiger partial charge on any atom is -0.478 e. The predicted molar refractivity (Wildman–Crippen MR) is 87.4 cm³/mol. The molecule has 0 fully saturated rings. The molecule has 0 aliphatic rings. The molecule has 0 atom stereocenters. The maximum atomic E-state index is 12.3. The molecule has 0 saturated carbocycles. The zero-order valence-corrected chi connectivity index (χ0v) is 14.1. The Morgan fingerprint density at radius 3 is 2.25 bits per heavy atom. The summed E-state index contributed by atoms with van der Waals surface area (Å²) in [6, 6.07) is 9.09. The molecular formula is C15H9BrF3NO3S. The lowest BCUT2D eigenvalue weighted by Crippen LogP contribution is -2.14. The largest absolute Gasteiger partial charge is 0.478 e. The highest BCUT2D eigenvalue weighted by Gasteiger charge is 2.29. The maximum absolute atomic E-state index is 12.3. The fourth-order valence-electron chi connectivity index (χ4n) is 1.81. The number of aromatic carboxylic acids is 1. The van der Waals surface area contributed by atoms with Gasteiger partial charge in [-0.1, -0.05) is 15.9 Å². The predicted octanol–water partition coefficient (Wildman–Crippen LogP) is 5.01. The van der Waals surface area contributed by atoms with Gasteiger partial charge in [-0.3, -0.25) is 4.79 Å². The number of rotatable bonds is 4. The van der Waals surface area contributed by atoms with Crippen molar-refractivity contribution < 1.29 is 27.9 Å². The number of alkyl halides is 3. The fourth-order valence-corrected chi connectivity index (χ4v) is 2.71. The first-order valence-corrected chi connectivity index (χ1v) is 7.96. The fraction of sp³-hybridized carbons (Fsp3) is 0.0667. The van der Waals surface area contributed by atoms with Gasteiger partial charge in [0.1, 0.15) is 0 Å². The molecule has 2 aromatic rings. The quantitative estimate of drug-likeness (QED) is 0.683. The first-order valence-electron chi connectivity index (χ1n) is 6.36. The summed E-state index contributed by atoms with van der Waals surface area (Å²) in [5, 5.41) is 11.5. The average Bonchev–Trinajstić information content (AvgIpc) is 2.46. The smallest absolute Gasteiger partial charge is 0.446 e. The van der Waals surface area contributed by atoms with Crippen LogP contribution in [0.25, 0.3) is 0 Å². The number of anilines is 1. The van der Waals surface area contributed by atoms with E-state index in [1.807, 2.05) is 0 Å². The summed E-state index contributed by atoms with van der Waals surface area (Å²) < 4.78 is 37.4. The Labute approximate surface area is 147 Å². The number of carbonyl (C=O) groups is 2. The van der Waals surface area contributed by atoms with Crippen molar-refractivity contribution in [2.45, 2.75) is 10.4 Å². The van der Waals surface area contributed by atoms with Crippen LogP contribution in [0.3, 0.4) is 0 Å². The number of amides is 1. The van der Waals surface area contributed by atoms with Crippen molar-refractivity contribution in [3.63, 3.8) is 0 Å². The van der Waals surface area contributed by atoms with Gasteiger partial charge in [-0.25, -0.2) is 4.79 Å². The molecule has 0 heterocycles. The van der Waals surface area contributed by atoms with Crippen molar-refractivity contribution in [3.05, 3.63) is 58.1 Å². The van der Waals surface area contributed by atoms with E-state index < -0.39 is 17.4 Å². The normalized spacial score (nSPS) is 11.2. The third-order valence-electron chi connectivity index (χ3n) is 2.81. The van der Waals surface area contributed by atoms with E-state index in [1.165, 1.54) is 42.5 Å². The minimum atomic E-state index is -4.41. The second-order valence-corrected chi connectivity index (χ2v) is 6.58. The zero-order valence-electron chi connectivity index (χ0n) is 11.7. The van der Waals surface area contributed by atoms with Crippen LogP contribution in [-0.2, 0) is 0 Å². The number of benzene rings is 2. The van der Waals surface area contributed by atoms with E-state index in [9.17, 15) is 22.8 Å². The average molecular weight is 420 g/mol. The van der Waals surface area contributed by atoms with Gasteiger partial charge in [0, 0.05) is 14.9 Å². The SMILES string of the molecule is O=C(Nc1cc(Br)ccc1C(=O)O)c1ccc(SC(F)(F)F)cc1. The van der Waals surface area contributed by atoms with Crippen molar-refractivity contribution in [1.29, 1.82) is 0 Å². The number of nitrogens with one attached hydrogen (secondary N) is 1. The van der Waals surface area contributed by atoms with Gasteiger partial charge < -0.3 is 10.4 Å². The number of hydrogen-bond donors (Lipinski definition) is 2. The van der Waals surface area contributed by atoms with Gasteiger partial charge in [-0.05, 0) is 54.2 Å². The zero-order chi connectivity index (χ0) is 17.9. The first kappa shape index (κ1) is 18.3. The summed E-state index contributed by atoms with van der Waals surface area (Å²) in [6.45, 7) is 0. The van der Waals surface area contributed by atoms with Gasteiger partial charge in [0.15, 0.2) is 0 Å². The number of halogens is 4. The molecule has 1 amide bonds. The molecule has 4 nitrogen and oxygen atoms in total. The molecule has 0 aliphatic carbocycles. The second kappa shape index (κ2) is 7.27. The Morgan fingerprint density at radius 2 is 1.71 bits per heavy atom. The molecule has 0 radical (unpaired) electrons. The topological polar surface area (TPSA) is 66.4 Å². The van der Waals surface area contributed by atoms with Crippen molar-refractivity contribution in [1.82, 2.24) is 0 Å². The van der Waals surface area contributed by atoms with Crippen molar-refractivity contribution in [3.8, 4) is 0 Å². The summed E-state index contributed by atoms with van der Waals surface area (Å²) in [6.07, 6.45) is 0. The minimum absolute atomic E-state index is 0.0484. The number of thioether (sulfide) groups is 1. The maximum Gasteiger partial charge on any atom is 0.446 e. The lowest BCUT2D eigenvalue weighted by molar-refractivity contribution is -0.0328. The van der Waals surface area contributed by atoms with Crippen LogP contribution in [0.1, 0.15) is 20.7 Å². The highest BCUT2D eigenvalue weighted by atomic mass is 79.9. The summed E-state index contributed by atoms with van der Waals surface area (Å²) in [4.78, 5) is 23.3. The summed E-state index contributed by atoms with van der Waals surface area (Å²) in [5.74, 6) is -1.84. The van der Waals surface area contributed by atoms with Crippen LogP contribution in [0.5, 0.6) is 0 Å². The van der Waals surface area contributed by atoms with Crippen molar-refractivity contribution in [2.24, 2.45) is 0 Å². The Morgan fingerprint density at radius 1 is 1.08 bits per heavy atom. The molecule has 0 aromatic heterocycles. The Bertz CT molecular complexity index is 779. The number of carbonyl (C=O) groups excluding carboxylic acids is 1. The standard InChI is InChI=1S/C15H9BrF3NO3S/c16-9-3-6-11(14(22)23)12(7-9)20-13(21)8-1-4-10(5-2-8)24-15(17,18)19/h1-7H,(H,20,21)(H,22,23).